The number of carbonyl (C=O) groups is 1. The van der Waals surface area contributed by atoms with Crippen molar-refractivity contribution in [1.82, 2.24) is 19.9 Å². The number of carbonyl (C=O) groups excluding carboxylic acids is 1. The molecule has 28 heavy (non-hydrogen) atoms. The molecule has 1 aliphatic rings. The van der Waals surface area contributed by atoms with Gasteiger partial charge >= 0.3 is 0 Å². The Morgan fingerprint density at radius 3 is 2.82 bits per heavy atom. The van der Waals surface area contributed by atoms with E-state index in [-0.39, 0.29) is 11.9 Å². The maximum absolute atomic E-state index is 12.9. The molecule has 1 amide bonds. The van der Waals surface area contributed by atoms with E-state index in [0.29, 0.717) is 24.4 Å². The third-order valence-corrected chi connectivity index (χ3v) is 5.00. The Kier molecular flexibility index (Phi) is 4.01. The summed E-state index contributed by atoms with van der Waals surface area (Å²) in [5, 5.41) is 7.30. The van der Waals surface area contributed by atoms with Gasteiger partial charge < -0.3 is 10.1 Å². The van der Waals surface area contributed by atoms with Crippen LogP contribution in [0, 0.1) is 0 Å². The number of ether oxygens (including phenoxy) is 1. The fourth-order valence-electron chi connectivity index (χ4n) is 3.60. The van der Waals surface area contributed by atoms with Crippen LogP contribution >= 0.6 is 0 Å². The Morgan fingerprint density at radius 2 is 1.93 bits per heavy atom. The molecule has 138 valence electrons. The van der Waals surface area contributed by atoms with Gasteiger partial charge in [0.25, 0.3) is 5.91 Å². The number of hydrogen-bond donors (Lipinski definition) is 1. The third-order valence-electron chi connectivity index (χ3n) is 5.00. The average Bonchev–Trinajstić information content (AvgIpc) is 3.23. The van der Waals surface area contributed by atoms with Crippen molar-refractivity contribution in [1.29, 1.82) is 0 Å². The maximum Gasteiger partial charge on any atom is 0.270 e. The summed E-state index contributed by atoms with van der Waals surface area (Å²) < 4.78 is 7.36. The van der Waals surface area contributed by atoms with Gasteiger partial charge in [0.05, 0.1) is 12.6 Å². The summed E-state index contributed by atoms with van der Waals surface area (Å²) in [6.07, 6.45) is 2.16. The highest BCUT2D eigenvalue weighted by Crippen LogP contribution is 2.35. The van der Waals surface area contributed by atoms with E-state index in [2.05, 4.69) is 39.7 Å². The minimum absolute atomic E-state index is 0.126. The van der Waals surface area contributed by atoms with Crippen LogP contribution < -0.4 is 10.1 Å². The molecule has 0 spiro atoms. The molecular formula is C22H18N4O2. The topological polar surface area (TPSA) is 68.5 Å². The number of hydrogen-bond acceptors (Lipinski definition) is 4. The zero-order valence-corrected chi connectivity index (χ0v) is 15.1. The first kappa shape index (κ1) is 16.5. The minimum Gasteiger partial charge on any atom is -0.493 e. The molecule has 0 saturated heterocycles. The van der Waals surface area contributed by atoms with Crippen molar-refractivity contribution in [3.8, 4) is 16.9 Å². The number of nitrogens with one attached hydrogen (secondary N) is 1. The molecule has 0 bridgehead atoms. The van der Waals surface area contributed by atoms with Crippen LogP contribution in [0.3, 0.4) is 0 Å². The number of amides is 1. The zero-order chi connectivity index (χ0) is 18.9. The van der Waals surface area contributed by atoms with Crippen LogP contribution in [0.2, 0.25) is 0 Å². The fraction of sp³-hybridized carbons (Fsp3) is 0.136. The van der Waals surface area contributed by atoms with Crippen LogP contribution in [0.1, 0.15) is 28.5 Å². The summed E-state index contributed by atoms with van der Waals surface area (Å²) in [7, 11) is 0. The summed E-state index contributed by atoms with van der Waals surface area (Å²) in [4.78, 5) is 17.1. The molecule has 6 heteroatoms. The van der Waals surface area contributed by atoms with Crippen molar-refractivity contribution in [2.24, 2.45) is 0 Å². The summed E-state index contributed by atoms with van der Waals surface area (Å²) in [6, 6.07) is 21.6. The van der Waals surface area contributed by atoms with Crippen molar-refractivity contribution in [3.63, 3.8) is 0 Å². The average molecular weight is 370 g/mol. The highest BCUT2D eigenvalue weighted by Gasteiger charge is 2.25. The molecule has 2 aromatic heterocycles. The Balaban J connectivity index is 1.47. The van der Waals surface area contributed by atoms with E-state index in [1.165, 1.54) is 6.33 Å². The number of benzene rings is 2. The quantitative estimate of drug-likeness (QED) is 0.598. The molecule has 2 aromatic carbocycles. The molecule has 4 aromatic rings. The van der Waals surface area contributed by atoms with Gasteiger partial charge in [0.15, 0.2) is 5.65 Å². The van der Waals surface area contributed by atoms with Gasteiger partial charge in [-0.05, 0) is 35.4 Å². The number of rotatable bonds is 3. The van der Waals surface area contributed by atoms with E-state index in [0.717, 1.165) is 22.4 Å². The molecule has 1 unspecified atom stereocenters. The predicted molar refractivity (Wildman–Crippen MR) is 105 cm³/mol. The molecule has 0 fully saturated rings. The normalized spacial score (nSPS) is 15.6. The lowest BCUT2D eigenvalue weighted by Crippen LogP contribution is -2.33. The molecule has 6 nitrogen and oxygen atoms in total. The van der Waals surface area contributed by atoms with Crippen LogP contribution in [0.15, 0.2) is 73.1 Å². The lowest BCUT2D eigenvalue weighted by Gasteiger charge is -2.27. The van der Waals surface area contributed by atoms with Crippen LogP contribution in [0.25, 0.3) is 16.8 Å². The van der Waals surface area contributed by atoms with Crippen molar-refractivity contribution < 1.29 is 9.53 Å². The Bertz CT molecular complexity index is 1150. The molecule has 3 heterocycles. The Morgan fingerprint density at radius 1 is 1.04 bits per heavy atom. The molecule has 5 rings (SSSR count). The zero-order valence-electron chi connectivity index (χ0n) is 15.1. The van der Waals surface area contributed by atoms with Gasteiger partial charge in [-0.3, -0.25) is 4.79 Å². The highest BCUT2D eigenvalue weighted by atomic mass is 16.5. The molecular weight excluding hydrogens is 352 g/mol. The first-order valence-electron chi connectivity index (χ1n) is 9.21. The van der Waals surface area contributed by atoms with Crippen LogP contribution in [-0.2, 0) is 0 Å². The molecule has 0 saturated carbocycles. The van der Waals surface area contributed by atoms with Gasteiger partial charge in [0, 0.05) is 12.0 Å². The largest absolute Gasteiger partial charge is 0.493 e. The van der Waals surface area contributed by atoms with Gasteiger partial charge in [-0.1, -0.05) is 42.5 Å². The predicted octanol–water partition coefficient (Wildman–Crippen LogP) is 3.65. The SMILES string of the molecule is O=C(NC1CCOc2ccc(-c3ccccc3)cc21)c1cccc2ncnn12. The summed E-state index contributed by atoms with van der Waals surface area (Å²) in [5.74, 6) is 0.634. The van der Waals surface area contributed by atoms with E-state index in [9.17, 15) is 4.79 Å². The van der Waals surface area contributed by atoms with Crippen LogP contribution in [-0.4, -0.2) is 27.1 Å². The fourth-order valence-corrected chi connectivity index (χ4v) is 3.60. The molecule has 0 aliphatic carbocycles. The second-order valence-corrected chi connectivity index (χ2v) is 6.72. The van der Waals surface area contributed by atoms with E-state index in [4.69, 9.17) is 4.74 Å². The lowest BCUT2D eigenvalue weighted by molar-refractivity contribution is 0.0917. The summed E-state index contributed by atoms with van der Waals surface area (Å²) in [6.45, 7) is 0.566. The van der Waals surface area contributed by atoms with Gasteiger partial charge in [-0.15, -0.1) is 0 Å². The van der Waals surface area contributed by atoms with E-state index in [1.807, 2.05) is 36.4 Å². The van der Waals surface area contributed by atoms with Gasteiger partial charge in [-0.25, -0.2) is 9.50 Å². The minimum atomic E-state index is -0.181. The van der Waals surface area contributed by atoms with Crippen LogP contribution in [0.5, 0.6) is 5.75 Å². The van der Waals surface area contributed by atoms with Crippen molar-refractivity contribution in [3.05, 3.63) is 84.3 Å². The van der Waals surface area contributed by atoms with Gasteiger partial charge in [0.1, 0.15) is 17.8 Å². The molecule has 0 radical (unpaired) electrons. The first-order chi connectivity index (χ1) is 13.8. The summed E-state index contributed by atoms with van der Waals surface area (Å²) in [5.41, 5.74) is 4.33. The van der Waals surface area contributed by atoms with Crippen LogP contribution in [0.4, 0.5) is 0 Å². The van der Waals surface area contributed by atoms with Crippen molar-refractivity contribution >= 4 is 11.6 Å². The van der Waals surface area contributed by atoms with Crippen molar-refractivity contribution in [2.75, 3.05) is 6.61 Å². The molecule has 1 N–H and O–H groups in total. The second kappa shape index (κ2) is 6.81. The van der Waals surface area contributed by atoms with E-state index >= 15 is 0 Å². The van der Waals surface area contributed by atoms with Crippen molar-refractivity contribution in [2.45, 2.75) is 12.5 Å². The number of aromatic nitrogens is 3. The molecule has 1 aliphatic heterocycles. The maximum atomic E-state index is 12.9. The monoisotopic (exact) mass is 370 g/mol. The third kappa shape index (κ3) is 2.89. The van der Waals surface area contributed by atoms with E-state index < -0.39 is 0 Å². The second-order valence-electron chi connectivity index (χ2n) is 6.72. The Hall–Kier alpha value is -3.67. The van der Waals surface area contributed by atoms with Gasteiger partial charge in [-0.2, -0.15) is 5.10 Å². The van der Waals surface area contributed by atoms with E-state index in [1.54, 1.807) is 10.6 Å². The van der Waals surface area contributed by atoms with Gasteiger partial charge in [0.2, 0.25) is 0 Å². The standard InChI is InChI=1S/C22H18N4O2/c27-22(19-7-4-8-21-23-14-24-26(19)21)25-18-11-12-28-20-10-9-16(13-17(18)20)15-5-2-1-3-6-15/h1-10,13-14,18H,11-12H2,(H,25,27). The lowest BCUT2D eigenvalue weighted by atomic mass is 9.95. The number of pyridine rings is 1. The summed E-state index contributed by atoms with van der Waals surface area (Å²) >= 11 is 0. The Labute approximate surface area is 161 Å². The highest BCUT2D eigenvalue weighted by molar-refractivity contribution is 5.93. The first-order valence-corrected chi connectivity index (χ1v) is 9.21. The smallest absolute Gasteiger partial charge is 0.270 e. The number of fused-ring (bicyclic) bond motifs is 2. The molecule has 1 atom stereocenters. The number of nitrogens with zero attached hydrogens (tertiary/aromatic N) is 3.